The molecule has 6 heteroatoms. The molecule has 5 nitrogen and oxygen atoms in total. The summed E-state index contributed by atoms with van der Waals surface area (Å²) in [4.78, 5) is 21.5. The minimum absolute atomic E-state index is 0.272. The van der Waals surface area contributed by atoms with Gasteiger partial charge in [-0.15, -0.1) is 0 Å². The highest BCUT2D eigenvalue weighted by molar-refractivity contribution is 6.38. The number of aliphatic hydroxyl groups is 1. The molecule has 108 valence electrons. The molecule has 0 saturated heterocycles. The van der Waals surface area contributed by atoms with Gasteiger partial charge >= 0.3 is 5.97 Å². The first-order valence-corrected chi connectivity index (χ1v) is 6.05. The Hall–Kier alpha value is -2.89. The molecule has 0 unspecified atom stereocenters. The molecule has 0 aliphatic heterocycles. The Balaban J connectivity index is 2.26. The number of rotatable bonds is 5. The number of aliphatic carboxylic acids is 1. The van der Waals surface area contributed by atoms with Gasteiger partial charge in [0.1, 0.15) is 11.6 Å². The maximum atomic E-state index is 13.1. The Bertz CT molecular complexity index is 718. The fourth-order valence-corrected chi connectivity index (χ4v) is 1.88. The lowest BCUT2D eigenvalue weighted by Crippen LogP contribution is -2.10. The van der Waals surface area contributed by atoms with Crippen molar-refractivity contribution in [3.8, 4) is 0 Å². The minimum Gasteiger partial charge on any atom is -0.506 e. The molecule has 0 saturated carbocycles. The highest BCUT2D eigenvalue weighted by Crippen LogP contribution is 2.15. The second-order valence-corrected chi connectivity index (χ2v) is 4.35. The largest absolute Gasteiger partial charge is 0.506 e. The number of aromatic nitrogens is 1. The molecule has 2 aromatic rings. The van der Waals surface area contributed by atoms with Crippen LogP contribution in [-0.2, 0) is 16.1 Å². The van der Waals surface area contributed by atoms with Gasteiger partial charge in [-0.05, 0) is 29.8 Å². The Morgan fingerprint density at radius 2 is 1.95 bits per heavy atom. The lowest BCUT2D eigenvalue weighted by molar-refractivity contribution is -0.146. The van der Waals surface area contributed by atoms with Crippen molar-refractivity contribution in [3.05, 3.63) is 65.7 Å². The summed E-state index contributed by atoms with van der Waals surface area (Å²) in [6.45, 7) is 0.277. The summed E-state index contributed by atoms with van der Waals surface area (Å²) < 4.78 is 14.7. The third kappa shape index (κ3) is 3.56. The van der Waals surface area contributed by atoms with Crippen molar-refractivity contribution in [3.63, 3.8) is 0 Å². The quantitative estimate of drug-likeness (QED) is 0.502. The minimum atomic E-state index is -1.65. The number of aliphatic hydroxyl groups excluding tert-OH is 1. The molecule has 2 rings (SSSR count). The number of carbonyl (C=O) groups excluding carboxylic acids is 1. The molecule has 0 bridgehead atoms. The van der Waals surface area contributed by atoms with E-state index in [2.05, 4.69) is 0 Å². The topological polar surface area (TPSA) is 79.5 Å². The number of nitrogens with zero attached hydrogens (tertiary/aromatic N) is 1. The summed E-state index contributed by atoms with van der Waals surface area (Å²) in [5, 5.41) is 18.3. The van der Waals surface area contributed by atoms with E-state index in [1.165, 1.54) is 18.2 Å². The highest BCUT2D eigenvalue weighted by Gasteiger charge is 2.13. The first-order chi connectivity index (χ1) is 9.97. The maximum Gasteiger partial charge on any atom is 0.376 e. The first-order valence-electron chi connectivity index (χ1n) is 6.05. The summed E-state index contributed by atoms with van der Waals surface area (Å²) in [7, 11) is 0. The number of hydrogen-bond donors (Lipinski definition) is 2. The van der Waals surface area contributed by atoms with Gasteiger partial charge in [0.15, 0.2) is 0 Å². The zero-order chi connectivity index (χ0) is 15.4. The average molecular weight is 289 g/mol. The first kappa shape index (κ1) is 14.5. The Morgan fingerprint density at radius 3 is 2.62 bits per heavy atom. The van der Waals surface area contributed by atoms with Gasteiger partial charge in [-0.2, -0.15) is 0 Å². The van der Waals surface area contributed by atoms with Crippen molar-refractivity contribution in [1.82, 2.24) is 4.57 Å². The van der Waals surface area contributed by atoms with Crippen molar-refractivity contribution < 1.29 is 24.2 Å². The van der Waals surface area contributed by atoms with Gasteiger partial charge in [-0.25, -0.2) is 9.18 Å². The van der Waals surface area contributed by atoms with E-state index in [1.54, 1.807) is 29.0 Å². The monoisotopic (exact) mass is 289 g/mol. The molecule has 0 atom stereocenters. The third-order valence-electron chi connectivity index (χ3n) is 2.81. The number of carboxylic acids is 1. The third-order valence-corrected chi connectivity index (χ3v) is 2.81. The fraction of sp³-hybridized carbons (Fsp3) is 0.0667. The van der Waals surface area contributed by atoms with Crippen molar-refractivity contribution in [2.75, 3.05) is 0 Å². The van der Waals surface area contributed by atoms with E-state index in [0.717, 1.165) is 0 Å². The Labute approximate surface area is 119 Å². The van der Waals surface area contributed by atoms with Crippen LogP contribution in [0.4, 0.5) is 4.39 Å². The smallest absolute Gasteiger partial charge is 0.376 e. The second-order valence-electron chi connectivity index (χ2n) is 4.35. The number of benzene rings is 1. The maximum absolute atomic E-state index is 13.1. The predicted molar refractivity (Wildman–Crippen MR) is 73.2 cm³/mol. The van der Waals surface area contributed by atoms with E-state index in [9.17, 15) is 19.1 Å². The van der Waals surface area contributed by atoms with Gasteiger partial charge in [0.05, 0.1) is 5.69 Å². The molecule has 1 aromatic heterocycles. The number of halogens is 1. The number of hydrogen-bond acceptors (Lipinski definition) is 3. The molecule has 2 N–H and O–H groups in total. The van der Waals surface area contributed by atoms with Gasteiger partial charge in [-0.3, -0.25) is 4.79 Å². The normalized spacial score (nSPS) is 11.4. The van der Waals surface area contributed by atoms with Gasteiger partial charge in [0.2, 0.25) is 0 Å². The zero-order valence-electron chi connectivity index (χ0n) is 10.9. The van der Waals surface area contributed by atoms with Crippen LogP contribution in [0.1, 0.15) is 11.3 Å². The molecule has 1 heterocycles. The molecule has 0 spiro atoms. The SMILES string of the molecule is O=C(O)C(=O)C=C(O)c1cccn1Cc1cccc(F)c1. The molecule has 0 radical (unpaired) electrons. The lowest BCUT2D eigenvalue weighted by atomic mass is 10.2. The summed E-state index contributed by atoms with van der Waals surface area (Å²) in [6.07, 6.45) is 2.27. The summed E-state index contributed by atoms with van der Waals surface area (Å²) in [5.74, 6) is -3.69. The van der Waals surface area contributed by atoms with Crippen LogP contribution < -0.4 is 0 Å². The zero-order valence-corrected chi connectivity index (χ0v) is 10.9. The van der Waals surface area contributed by atoms with Crippen LogP contribution in [0.15, 0.2) is 48.7 Å². The predicted octanol–water partition coefficient (Wildman–Crippen LogP) is 2.23. The van der Waals surface area contributed by atoms with E-state index in [1.807, 2.05) is 0 Å². The van der Waals surface area contributed by atoms with Gasteiger partial charge in [0, 0.05) is 18.8 Å². The van der Waals surface area contributed by atoms with Crippen molar-refractivity contribution in [2.45, 2.75) is 6.54 Å². The van der Waals surface area contributed by atoms with Gasteiger partial charge < -0.3 is 14.8 Å². The van der Waals surface area contributed by atoms with Crippen LogP contribution in [-0.4, -0.2) is 26.5 Å². The van der Waals surface area contributed by atoms with Crippen molar-refractivity contribution in [2.24, 2.45) is 0 Å². The Kier molecular flexibility index (Phi) is 4.18. The molecular weight excluding hydrogens is 277 g/mol. The van der Waals surface area contributed by atoms with Crippen LogP contribution in [0.3, 0.4) is 0 Å². The van der Waals surface area contributed by atoms with Crippen LogP contribution >= 0.6 is 0 Å². The van der Waals surface area contributed by atoms with E-state index >= 15 is 0 Å². The lowest BCUT2D eigenvalue weighted by Gasteiger charge is -2.09. The van der Waals surface area contributed by atoms with E-state index in [0.29, 0.717) is 11.6 Å². The summed E-state index contributed by atoms with van der Waals surface area (Å²) in [5.41, 5.74) is 0.943. The highest BCUT2D eigenvalue weighted by atomic mass is 19.1. The molecular formula is C15H12FNO4. The molecule has 1 aromatic carbocycles. The number of carbonyl (C=O) groups is 2. The van der Waals surface area contributed by atoms with Gasteiger partial charge in [-0.1, -0.05) is 12.1 Å². The second kappa shape index (κ2) is 6.04. The van der Waals surface area contributed by atoms with Gasteiger partial charge in [0.25, 0.3) is 5.78 Å². The molecule has 21 heavy (non-hydrogen) atoms. The van der Waals surface area contributed by atoms with Crippen molar-refractivity contribution in [1.29, 1.82) is 0 Å². The van der Waals surface area contributed by atoms with E-state index < -0.39 is 17.5 Å². The standard InChI is InChI=1S/C15H12FNO4/c16-11-4-1-3-10(7-11)9-17-6-2-5-12(17)13(18)8-14(19)15(20)21/h1-8,18H,9H2,(H,20,21). The summed E-state index contributed by atoms with van der Waals surface area (Å²) >= 11 is 0. The van der Waals surface area contributed by atoms with Crippen LogP contribution in [0.2, 0.25) is 0 Å². The van der Waals surface area contributed by atoms with Crippen LogP contribution in [0.25, 0.3) is 5.76 Å². The molecule has 0 amide bonds. The number of ketones is 1. The van der Waals surface area contributed by atoms with E-state index in [-0.39, 0.29) is 18.1 Å². The molecule has 0 aliphatic rings. The molecule has 0 fully saturated rings. The number of carboxylic acid groups (broad SMARTS) is 1. The Morgan fingerprint density at radius 1 is 1.19 bits per heavy atom. The van der Waals surface area contributed by atoms with Crippen molar-refractivity contribution >= 4 is 17.5 Å². The van der Waals surface area contributed by atoms with Crippen LogP contribution in [0.5, 0.6) is 0 Å². The van der Waals surface area contributed by atoms with E-state index in [4.69, 9.17) is 5.11 Å². The van der Waals surface area contributed by atoms with Crippen LogP contribution in [0, 0.1) is 5.82 Å². The fourth-order valence-electron chi connectivity index (χ4n) is 1.88. The summed E-state index contributed by atoms with van der Waals surface area (Å²) in [6, 6.07) is 9.12. The average Bonchev–Trinajstić information content (AvgIpc) is 2.86. The molecule has 0 aliphatic carbocycles.